The smallest absolute Gasteiger partial charge is 0.400 e. The molecule has 1 aliphatic heterocycles. The lowest BCUT2D eigenvalue weighted by Gasteiger charge is -2.32. The largest absolute Gasteiger partial charge is 0.487 e. The molecule has 3 heteroatoms. The van der Waals surface area contributed by atoms with Crippen LogP contribution >= 0.6 is 0 Å². The molecule has 0 amide bonds. The first-order valence-corrected chi connectivity index (χ1v) is 7.40. The van der Waals surface area contributed by atoms with Gasteiger partial charge in [-0.25, -0.2) is 0 Å². The first-order chi connectivity index (χ1) is 9.87. The van der Waals surface area contributed by atoms with E-state index in [9.17, 15) is 0 Å². The molecule has 1 fully saturated rings. The lowest BCUT2D eigenvalue weighted by atomic mass is 9.89. The van der Waals surface area contributed by atoms with Crippen molar-refractivity contribution in [3.05, 3.63) is 54.0 Å². The molecule has 0 bridgehead atoms. The average molecular weight is 280 g/mol. The summed E-state index contributed by atoms with van der Waals surface area (Å²) in [5, 5.41) is 2.50. The fraction of sp³-hybridized carbons (Fsp3) is 0.333. The van der Waals surface area contributed by atoms with E-state index >= 15 is 0 Å². The Labute approximate surface area is 126 Å². The van der Waals surface area contributed by atoms with Crippen molar-refractivity contribution in [2.75, 3.05) is 0 Å². The Bertz CT molecular complexity index is 672. The minimum Gasteiger partial charge on any atom is -0.400 e. The Kier molecular flexibility index (Phi) is 3.43. The Balaban J connectivity index is 1.79. The SMILES string of the molecule is CC1(C)OB(C=Cc2ccc3ccccc3c2)OC1(C)C. The number of hydrogen-bond donors (Lipinski definition) is 0. The van der Waals surface area contributed by atoms with Crippen LogP contribution in [0.2, 0.25) is 0 Å². The van der Waals surface area contributed by atoms with E-state index < -0.39 is 0 Å². The second kappa shape index (κ2) is 5.01. The third-order valence-corrected chi connectivity index (χ3v) is 4.49. The summed E-state index contributed by atoms with van der Waals surface area (Å²) in [6, 6.07) is 14.8. The van der Waals surface area contributed by atoms with Crippen LogP contribution in [0.5, 0.6) is 0 Å². The van der Waals surface area contributed by atoms with Crippen LogP contribution in [-0.2, 0) is 9.31 Å². The fourth-order valence-corrected chi connectivity index (χ4v) is 2.47. The number of fused-ring (bicyclic) bond motifs is 1. The Morgan fingerprint density at radius 2 is 1.48 bits per heavy atom. The predicted molar refractivity (Wildman–Crippen MR) is 89.1 cm³/mol. The van der Waals surface area contributed by atoms with E-state index in [0.29, 0.717) is 0 Å². The van der Waals surface area contributed by atoms with Crippen molar-refractivity contribution in [1.29, 1.82) is 0 Å². The lowest BCUT2D eigenvalue weighted by Crippen LogP contribution is -2.41. The molecule has 2 aromatic rings. The molecule has 0 aromatic heterocycles. The van der Waals surface area contributed by atoms with Gasteiger partial charge in [-0.05, 0) is 50.1 Å². The van der Waals surface area contributed by atoms with E-state index in [1.807, 2.05) is 5.98 Å². The molecule has 0 saturated carbocycles. The van der Waals surface area contributed by atoms with E-state index in [1.54, 1.807) is 0 Å². The number of hydrogen-bond acceptors (Lipinski definition) is 2. The van der Waals surface area contributed by atoms with Crippen molar-refractivity contribution in [1.82, 2.24) is 0 Å². The molecule has 0 N–H and O–H groups in total. The monoisotopic (exact) mass is 280 g/mol. The van der Waals surface area contributed by atoms with E-state index in [1.165, 1.54) is 10.8 Å². The van der Waals surface area contributed by atoms with Crippen LogP contribution in [0.25, 0.3) is 16.8 Å². The highest BCUT2D eigenvalue weighted by Crippen LogP contribution is 2.37. The molecule has 3 rings (SSSR count). The van der Waals surface area contributed by atoms with Crippen LogP contribution in [-0.4, -0.2) is 18.3 Å². The lowest BCUT2D eigenvalue weighted by molar-refractivity contribution is 0.00578. The molecular weight excluding hydrogens is 259 g/mol. The van der Waals surface area contributed by atoms with E-state index in [2.05, 4.69) is 76.2 Å². The van der Waals surface area contributed by atoms with Gasteiger partial charge in [0, 0.05) is 0 Å². The van der Waals surface area contributed by atoms with Gasteiger partial charge in [-0.3, -0.25) is 0 Å². The third-order valence-electron chi connectivity index (χ3n) is 4.49. The molecule has 108 valence electrons. The number of rotatable bonds is 2. The van der Waals surface area contributed by atoms with Crippen molar-refractivity contribution in [3.8, 4) is 0 Å². The summed E-state index contributed by atoms with van der Waals surface area (Å²) >= 11 is 0. The molecule has 0 radical (unpaired) electrons. The highest BCUT2D eigenvalue weighted by atomic mass is 16.7. The minimum atomic E-state index is -0.290. The van der Waals surface area contributed by atoms with Crippen molar-refractivity contribution >= 4 is 24.0 Å². The van der Waals surface area contributed by atoms with Gasteiger partial charge >= 0.3 is 7.12 Å². The molecule has 1 aliphatic rings. The first kappa shape index (κ1) is 14.4. The van der Waals surface area contributed by atoms with Gasteiger partial charge in [-0.2, -0.15) is 0 Å². The van der Waals surface area contributed by atoms with Gasteiger partial charge in [0.1, 0.15) is 0 Å². The topological polar surface area (TPSA) is 18.5 Å². The molecule has 21 heavy (non-hydrogen) atoms. The Morgan fingerprint density at radius 1 is 0.857 bits per heavy atom. The predicted octanol–water partition coefficient (Wildman–Crippen LogP) is 4.48. The average Bonchev–Trinajstić information content (AvgIpc) is 2.64. The summed E-state index contributed by atoms with van der Waals surface area (Å²) in [5.41, 5.74) is 0.583. The van der Waals surface area contributed by atoms with Gasteiger partial charge in [0.05, 0.1) is 11.2 Å². The van der Waals surface area contributed by atoms with Gasteiger partial charge in [-0.1, -0.05) is 48.4 Å². The maximum atomic E-state index is 5.96. The summed E-state index contributed by atoms with van der Waals surface area (Å²) in [6.07, 6.45) is 2.06. The van der Waals surface area contributed by atoms with E-state index in [-0.39, 0.29) is 18.3 Å². The standard InChI is InChI=1S/C18H21BO2/c1-17(2)18(3,4)21-19(20-17)12-11-14-9-10-15-7-5-6-8-16(15)13-14/h5-13H,1-4H3. The van der Waals surface area contributed by atoms with Gasteiger partial charge in [0.25, 0.3) is 0 Å². The molecule has 2 aromatic carbocycles. The second-order valence-corrected chi connectivity index (χ2v) is 6.59. The summed E-state index contributed by atoms with van der Waals surface area (Å²) in [7, 11) is -0.290. The number of benzene rings is 2. The van der Waals surface area contributed by atoms with E-state index in [4.69, 9.17) is 9.31 Å². The zero-order valence-electron chi connectivity index (χ0n) is 13.1. The third kappa shape index (κ3) is 2.76. The highest BCUT2D eigenvalue weighted by Gasteiger charge is 2.49. The van der Waals surface area contributed by atoms with Crippen LogP contribution in [0.4, 0.5) is 0 Å². The quantitative estimate of drug-likeness (QED) is 0.755. The Hall–Kier alpha value is -1.58. The van der Waals surface area contributed by atoms with Crippen molar-refractivity contribution < 1.29 is 9.31 Å². The zero-order chi connectivity index (χ0) is 15.1. The van der Waals surface area contributed by atoms with Gasteiger partial charge in [-0.15, -0.1) is 0 Å². The molecule has 1 saturated heterocycles. The normalized spacial score (nSPS) is 20.5. The van der Waals surface area contributed by atoms with Crippen molar-refractivity contribution in [2.24, 2.45) is 0 Å². The van der Waals surface area contributed by atoms with Crippen LogP contribution in [0, 0.1) is 0 Å². The van der Waals surface area contributed by atoms with Gasteiger partial charge < -0.3 is 9.31 Å². The highest BCUT2D eigenvalue weighted by molar-refractivity contribution is 6.52. The van der Waals surface area contributed by atoms with Gasteiger partial charge in [0.2, 0.25) is 0 Å². The zero-order valence-corrected chi connectivity index (χ0v) is 13.1. The molecule has 1 heterocycles. The second-order valence-electron chi connectivity index (χ2n) is 6.59. The van der Waals surface area contributed by atoms with Crippen LogP contribution < -0.4 is 0 Å². The molecule has 0 aliphatic carbocycles. The van der Waals surface area contributed by atoms with Crippen molar-refractivity contribution in [3.63, 3.8) is 0 Å². The summed E-state index contributed by atoms with van der Waals surface area (Å²) in [6.45, 7) is 8.27. The van der Waals surface area contributed by atoms with E-state index in [0.717, 1.165) is 5.56 Å². The first-order valence-electron chi connectivity index (χ1n) is 7.40. The van der Waals surface area contributed by atoms with Crippen LogP contribution in [0.1, 0.15) is 33.3 Å². The molecule has 0 atom stereocenters. The van der Waals surface area contributed by atoms with Crippen LogP contribution in [0.15, 0.2) is 48.4 Å². The summed E-state index contributed by atoms with van der Waals surface area (Å²) in [4.78, 5) is 0. The van der Waals surface area contributed by atoms with Crippen LogP contribution in [0.3, 0.4) is 0 Å². The molecular formula is C18H21BO2. The van der Waals surface area contributed by atoms with Crippen molar-refractivity contribution in [2.45, 2.75) is 38.9 Å². The molecule has 2 nitrogen and oxygen atoms in total. The van der Waals surface area contributed by atoms with Gasteiger partial charge in [0.15, 0.2) is 0 Å². The summed E-state index contributed by atoms with van der Waals surface area (Å²) < 4.78 is 11.9. The maximum Gasteiger partial charge on any atom is 0.487 e. The molecule has 0 spiro atoms. The fourth-order valence-electron chi connectivity index (χ4n) is 2.47. The maximum absolute atomic E-state index is 5.96. The Morgan fingerprint density at radius 3 is 2.14 bits per heavy atom. The summed E-state index contributed by atoms with van der Waals surface area (Å²) in [5.74, 6) is 1.99. The molecule has 0 unspecified atom stereocenters. The minimum absolute atomic E-state index is 0.286.